The van der Waals surface area contributed by atoms with Crippen LogP contribution in [0.3, 0.4) is 0 Å². The first-order valence-electron chi connectivity index (χ1n) is 7.36. The summed E-state index contributed by atoms with van der Waals surface area (Å²) in [7, 11) is 0. The molecule has 0 saturated heterocycles. The molecule has 0 fully saturated rings. The fourth-order valence-corrected chi connectivity index (χ4v) is 3.15. The number of aromatic nitrogens is 1. The van der Waals surface area contributed by atoms with E-state index in [1.807, 2.05) is 30.5 Å². The molecule has 1 amide bonds. The third-order valence-corrected chi connectivity index (χ3v) is 4.31. The van der Waals surface area contributed by atoms with Gasteiger partial charge in [0.2, 0.25) is 0 Å². The Labute approximate surface area is 132 Å². The second kappa shape index (κ2) is 4.98. The molecule has 1 aliphatic heterocycles. The Balaban J connectivity index is 1.75. The Morgan fingerprint density at radius 2 is 1.96 bits per heavy atom. The normalized spacial score (nSPS) is 16.5. The number of fused-ring (bicyclic) bond motifs is 2. The van der Waals surface area contributed by atoms with Gasteiger partial charge in [-0.25, -0.2) is 0 Å². The summed E-state index contributed by atoms with van der Waals surface area (Å²) in [4.78, 5) is 29.0. The predicted octanol–water partition coefficient (Wildman–Crippen LogP) is 3.00. The smallest absolute Gasteiger partial charge is 0.312 e. The summed E-state index contributed by atoms with van der Waals surface area (Å²) < 4.78 is 0. The molecule has 0 aliphatic carbocycles. The number of rotatable bonds is 2. The Morgan fingerprint density at radius 1 is 1.13 bits per heavy atom. The number of benzene rings is 2. The number of carboxylic acids is 1. The van der Waals surface area contributed by atoms with Crippen molar-refractivity contribution >= 4 is 28.5 Å². The Kier molecular flexibility index (Phi) is 2.94. The first kappa shape index (κ1) is 13.6. The molecule has 1 atom stereocenters. The van der Waals surface area contributed by atoms with Gasteiger partial charge in [0, 0.05) is 34.9 Å². The van der Waals surface area contributed by atoms with E-state index in [4.69, 9.17) is 0 Å². The molecule has 5 heteroatoms. The number of anilines is 1. The summed E-state index contributed by atoms with van der Waals surface area (Å²) in [5.41, 5.74) is 2.89. The molecule has 23 heavy (non-hydrogen) atoms. The van der Waals surface area contributed by atoms with Crippen molar-refractivity contribution in [2.24, 2.45) is 0 Å². The predicted molar refractivity (Wildman–Crippen MR) is 86.8 cm³/mol. The molecule has 4 rings (SSSR count). The van der Waals surface area contributed by atoms with E-state index < -0.39 is 11.9 Å². The number of hydrogen-bond donors (Lipinski definition) is 2. The minimum atomic E-state index is -0.908. The number of amides is 1. The van der Waals surface area contributed by atoms with Crippen LogP contribution in [0.2, 0.25) is 0 Å². The van der Waals surface area contributed by atoms with Crippen molar-refractivity contribution in [3.05, 3.63) is 65.9 Å². The molecule has 0 spiro atoms. The minimum absolute atomic E-state index is 0.165. The van der Waals surface area contributed by atoms with Crippen molar-refractivity contribution in [2.75, 3.05) is 11.4 Å². The number of hydrogen-bond acceptors (Lipinski definition) is 2. The van der Waals surface area contributed by atoms with E-state index in [0.29, 0.717) is 16.8 Å². The Morgan fingerprint density at radius 3 is 2.78 bits per heavy atom. The van der Waals surface area contributed by atoms with Crippen molar-refractivity contribution in [2.45, 2.75) is 5.92 Å². The van der Waals surface area contributed by atoms with Gasteiger partial charge in [0.25, 0.3) is 5.91 Å². The summed E-state index contributed by atoms with van der Waals surface area (Å²) in [5, 5.41) is 10.4. The lowest BCUT2D eigenvalue weighted by atomic mass is 10.0. The molecular formula is C18H14N2O3. The maximum Gasteiger partial charge on any atom is 0.312 e. The molecule has 0 bridgehead atoms. The highest BCUT2D eigenvalue weighted by Crippen LogP contribution is 2.37. The third-order valence-electron chi connectivity index (χ3n) is 4.31. The molecular weight excluding hydrogens is 292 g/mol. The van der Waals surface area contributed by atoms with E-state index in [0.717, 1.165) is 10.9 Å². The maximum absolute atomic E-state index is 12.9. The van der Waals surface area contributed by atoms with Crippen LogP contribution < -0.4 is 4.90 Å². The van der Waals surface area contributed by atoms with Gasteiger partial charge in [-0.15, -0.1) is 0 Å². The zero-order chi connectivity index (χ0) is 16.0. The van der Waals surface area contributed by atoms with Gasteiger partial charge in [0.15, 0.2) is 0 Å². The zero-order valence-electron chi connectivity index (χ0n) is 12.2. The highest BCUT2D eigenvalue weighted by atomic mass is 16.4. The van der Waals surface area contributed by atoms with Crippen LogP contribution in [0.4, 0.5) is 5.69 Å². The fraction of sp³-hybridized carbons (Fsp3) is 0.111. The molecule has 2 aromatic carbocycles. The van der Waals surface area contributed by atoms with Crippen molar-refractivity contribution < 1.29 is 14.7 Å². The highest BCUT2D eigenvalue weighted by Gasteiger charge is 2.36. The van der Waals surface area contributed by atoms with Crippen LogP contribution in [0.25, 0.3) is 10.9 Å². The van der Waals surface area contributed by atoms with Gasteiger partial charge < -0.3 is 15.0 Å². The van der Waals surface area contributed by atoms with E-state index in [1.54, 1.807) is 29.2 Å². The maximum atomic E-state index is 12.9. The van der Waals surface area contributed by atoms with E-state index in [-0.39, 0.29) is 12.5 Å². The number of nitrogens with one attached hydrogen (secondary N) is 1. The minimum Gasteiger partial charge on any atom is -0.481 e. The molecule has 0 unspecified atom stereocenters. The van der Waals surface area contributed by atoms with Gasteiger partial charge in [-0.05, 0) is 35.9 Å². The highest BCUT2D eigenvalue weighted by molar-refractivity contribution is 6.10. The lowest BCUT2D eigenvalue weighted by Crippen LogP contribution is -2.31. The second-order valence-electron chi connectivity index (χ2n) is 5.65. The van der Waals surface area contributed by atoms with Gasteiger partial charge in [-0.1, -0.05) is 18.2 Å². The number of carboxylic acid groups (broad SMARTS) is 1. The number of carbonyl (C=O) groups excluding carboxylic acids is 1. The van der Waals surface area contributed by atoms with Crippen molar-refractivity contribution in [3.63, 3.8) is 0 Å². The average Bonchev–Trinajstić information content (AvgIpc) is 3.18. The number of aliphatic carboxylic acids is 1. The summed E-state index contributed by atoms with van der Waals surface area (Å²) in [5.74, 6) is -1.76. The van der Waals surface area contributed by atoms with Crippen molar-refractivity contribution in [3.8, 4) is 0 Å². The molecule has 1 aromatic heterocycles. The number of carbonyl (C=O) groups is 2. The zero-order valence-corrected chi connectivity index (χ0v) is 12.2. The summed E-state index contributed by atoms with van der Waals surface area (Å²) in [6.07, 6.45) is 1.82. The van der Waals surface area contributed by atoms with E-state index in [1.165, 1.54) is 0 Å². The lowest BCUT2D eigenvalue weighted by Gasteiger charge is -2.17. The summed E-state index contributed by atoms with van der Waals surface area (Å²) >= 11 is 0. The largest absolute Gasteiger partial charge is 0.481 e. The van der Waals surface area contributed by atoms with E-state index >= 15 is 0 Å². The Hall–Kier alpha value is -3.08. The number of H-pyrrole nitrogens is 1. The van der Waals surface area contributed by atoms with Gasteiger partial charge >= 0.3 is 5.97 Å². The molecule has 3 aromatic rings. The molecule has 2 N–H and O–H groups in total. The topological polar surface area (TPSA) is 73.4 Å². The Bertz CT molecular complexity index is 929. The van der Waals surface area contributed by atoms with Gasteiger partial charge in [-0.2, -0.15) is 0 Å². The molecule has 0 saturated carbocycles. The first-order chi connectivity index (χ1) is 11.1. The van der Waals surface area contributed by atoms with Crippen LogP contribution in [0.5, 0.6) is 0 Å². The average molecular weight is 306 g/mol. The van der Waals surface area contributed by atoms with Crippen LogP contribution in [-0.2, 0) is 4.79 Å². The van der Waals surface area contributed by atoms with Gasteiger partial charge in [0.1, 0.15) is 5.92 Å². The molecule has 1 aliphatic rings. The van der Waals surface area contributed by atoms with Crippen LogP contribution in [-0.4, -0.2) is 28.5 Å². The first-order valence-corrected chi connectivity index (χ1v) is 7.36. The molecule has 2 heterocycles. The van der Waals surface area contributed by atoms with Crippen molar-refractivity contribution in [1.82, 2.24) is 4.98 Å². The number of para-hydroxylation sites is 1. The molecule has 0 radical (unpaired) electrons. The standard InChI is InChI=1S/C18H14N2O3/c21-17(12-5-6-15-11(9-12)7-8-19-15)20-10-14(18(22)23)13-3-1-2-4-16(13)20/h1-9,14,19H,10H2,(H,22,23)/t14-/m0/s1. The lowest BCUT2D eigenvalue weighted by molar-refractivity contribution is -0.138. The monoisotopic (exact) mass is 306 g/mol. The summed E-state index contributed by atoms with van der Waals surface area (Å²) in [6.45, 7) is 0.165. The number of nitrogens with zero attached hydrogens (tertiary/aromatic N) is 1. The van der Waals surface area contributed by atoms with Crippen LogP contribution in [0.15, 0.2) is 54.7 Å². The second-order valence-corrected chi connectivity index (χ2v) is 5.65. The van der Waals surface area contributed by atoms with Crippen LogP contribution >= 0.6 is 0 Å². The quantitative estimate of drug-likeness (QED) is 0.764. The SMILES string of the molecule is O=C(O)[C@H]1CN(C(=O)c2ccc3[nH]ccc3c2)c2ccccc21. The summed E-state index contributed by atoms with van der Waals surface area (Å²) in [6, 6.07) is 14.5. The van der Waals surface area contributed by atoms with Crippen molar-refractivity contribution in [1.29, 1.82) is 0 Å². The third kappa shape index (κ3) is 2.09. The van der Waals surface area contributed by atoms with E-state index in [9.17, 15) is 14.7 Å². The molecule has 114 valence electrons. The van der Waals surface area contributed by atoms with Crippen LogP contribution in [0, 0.1) is 0 Å². The number of aromatic amines is 1. The fourth-order valence-electron chi connectivity index (χ4n) is 3.15. The molecule has 5 nitrogen and oxygen atoms in total. The van der Waals surface area contributed by atoms with Gasteiger partial charge in [0.05, 0.1) is 0 Å². The van der Waals surface area contributed by atoms with E-state index in [2.05, 4.69) is 4.98 Å². The van der Waals surface area contributed by atoms with Gasteiger partial charge in [-0.3, -0.25) is 9.59 Å². The van der Waals surface area contributed by atoms with Crippen LogP contribution in [0.1, 0.15) is 21.8 Å².